The van der Waals surface area contributed by atoms with Gasteiger partial charge in [0.25, 0.3) is 11.5 Å². The number of aryl methyl sites for hydroxylation is 15. The van der Waals surface area contributed by atoms with Gasteiger partial charge in [-0.2, -0.15) is 13.5 Å². The van der Waals surface area contributed by atoms with Crippen molar-refractivity contribution in [2.45, 2.75) is 109 Å². The van der Waals surface area contributed by atoms with Gasteiger partial charge in [0.1, 0.15) is 38.5 Å². The summed E-state index contributed by atoms with van der Waals surface area (Å²) in [5.74, 6) is 2.12. The molecule has 0 aliphatic rings. The van der Waals surface area contributed by atoms with E-state index >= 15 is 0 Å². The first-order chi connectivity index (χ1) is 64.9. The molecule has 24 aromatic rings. The quantitative estimate of drug-likeness (QED) is 0.111. The largest absolute Gasteiger partial charge is 0.437 e. The number of nitrogens with zero attached hydrogens (tertiary/aromatic N) is 10. The Kier molecular flexibility index (Phi) is 22.5. The van der Waals surface area contributed by atoms with Crippen molar-refractivity contribution < 1.29 is 36.1 Å². The summed E-state index contributed by atoms with van der Waals surface area (Å²) < 4.78 is 34.9. The molecule has 658 valence electrons. The number of pyridine rings is 7. The lowest BCUT2D eigenvalue weighted by Gasteiger charge is -2.18. The Labute approximate surface area is 781 Å². The summed E-state index contributed by atoms with van der Waals surface area (Å²) >= 11 is 0. The van der Waals surface area contributed by atoms with Crippen LogP contribution in [0, 0.1) is 69.2 Å². The lowest BCUT2D eigenvalue weighted by molar-refractivity contribution is -0.659. The minimum Gasteiger partial charge on any atom is -0.437 e. The molecule has 0 saturated heterocycles. The van der Waals surface area contributed by atoms with Gasteiger partial charge in [-0.1, -0.05) is 216 Å². The second-order valence-corrected chi connectivity index (χ2v) is 36.9. The predicted octanol–water partition coefficient (Wildman–Crippen LogP) is 28.1. The number of para-hydroxylation sites is 5. The fourth-order valence-electron chi connectivity index (χ4n) is 20.4. The molecule has 134 heavy (non-hydrogen) atoms. The van der Waals surface area contributed by atoms with Crippen LogP contribution in [0.1, 0.15) is 107 Å². The Balaban J connectivity index is 0.000000104. The van der Waals surface area contributed by atoms with E-state index in [4.69, 9.17) is 13.3 Å². The second kappa shape index (κ2) is 34.9. The molecule has 24 rings (SSSR count). The van der Waals surface area contributed by atoms with Crippen LogP contribution < -0.4 is 22.8 Å². The van der Waals surface area contributed by atoms with Crippen LogP contribution in [0.2, 0.25) is 0 Å². The molecule has 0 N–H and O–H groups in total. The van der Waals surface area contributed by atoms with Crippen molar-refractivity contribution >= 4 is 137 Å². The highest BCUT2D eigenvalue weighted by molar-refractivity contribution is 6.15. The van der Waals surface area contributed by atoms with Gasteiger partial charge in [0.15, 0.2) is 45.9 Å². The number of benzene rings is 12. The highest BCUT2D eigenvalue weighted by Gasteiger charge is 2.34. The summed E-state index contributed by atoms with van der Waals surface area (Å²) in [6.45, 7) is 30.4. The molecule has 0 aliphatic carbocycles. The number of furan rings is 3. The molecular weight excluding hydrogens is 1640 g/mol. The maximum atomic E-state index is 6.28. The molecule has 13 heteroatoms. The molecule has 0 bridgehead atoms. The Morgan fingerprint density at radius 1 is 0.306 bits per heavy atom. The topological polar surface area (TPSA) is 107 Å². The van der Waals surface area contributed by atoms with Crippen LogP contribution in [0.15, 0.2) is 329 Å². The summed E-state index contributed by atoms with van der Waals surface area (Å²) in [5, 5.41) is 16.6. The van der Waals surface area contributed by atoms with Crippen molar-refractivity contribution in [2.75, 3.05) is 0 Å². The summed E-state index contributed by atoms with van der Waals surface area (Å²) in [4.78, 5) is 13.7. The zero-order valence-corrected chi connectivity index (χ0v) is 79.9. The highest BCUT2D eigenvalue weighted by atomic mass is 16.3. The van der Waals surface area contributed by atoms with Crippen molar-refractivity contribution in [3.63, 3.8) is 0 Å². The van der Waals surface area contributed by atoms with Crippen molar-refractivity contribution in [2.24, 2.45) is 35.2 Å². The van der Waals surface area contributed by atoms with Gasteiger partial charge in [0, 0.05) is 112 Å². The number of rotatable bonds is 8. The number of fused-ring (bicyclic) bond motifs is 19. The molecule has 12 heterocycles. The van der Waals surface area contributed by atoms with Gasteiger partial charge in [-0.25, -0.2) is 33.2 Å². The molecule has 0 amide bonds. The molecule has 0 atom stereocenters. The van der Waals surface area contributed by atoms with E-state index in [-0.39, 0.29) is 0 Å². The average Bonchev–Trinajstić information content (AvgIpc) is 1.53. The first kappa shape index (κ1) is 86.4. The lowest BCUT2D eigenvalue weighted by Crippen LogP contribution is -2.32. The maximum absolute atomic E-state index is 6.28. The molecule has 0 spiro atoms. The van der Waals surface area contributed by atoms with E-state index in [0.717, 1.165) is 94.2 Å². The van der Waals surface area contributed by atoms with Crippen molar-refractivity contribution in [1.29, 1.82) is 0 Å². The first-order valence-corrected chi connectivity index (χ1v) is 46.5. The zero-order valence-electron chi connectivity index (χ0n) is 79.9. The summed E-state index contributed by atoms with van der Waals surface area (Å²) in [6, 6.07) is 106. The van der Waals surface area contributed by atoms with Crippen LogP contribution in [-0.4, -0.2) is 23.9 Å². The van der Waals surface area contributed by atoms with E-state index in [1.54, 1.807) is 0 Å². The lowest BCUT2D eigenvalue weighted by atomic mass is 9.92. The Morgan fingerprint density at radius 2 is 0.761 bits per heavy atom. The van der Waals surface area contributed by atoms with Gasteiger partial charge in [-0.15, -0.1) is 0 Å². The van der Waals surface area contributed by atoms with Gasteiger partial charge in [-0.3, -0.25) is 0 Å². The van der Waals surface area contributed by atoms with Gasteiger partial charge < -0.3 is 13.3 Å². The third kappa shape index (κ3) is 15.1. The molecule has 0 fully saturated rings. The smallest absolute Gasteiger partial charge is 0.295 e. The monoisotopic (exact) mass is 1750 g/mol. The van der Waals surface area contributed by atoms with E-state index in [9.17, 15) is 0 Å². The molecule has 12 aromatic carbocycles. The molecule has 0 unspecified atom stereocenters. The zero-order chi connectivity index (χ0) is 92.9. The molecule has 12 aromatic heterocycles. The summed E-state index contributed by atoms with van der Waals surface area (Å²) in [5.41, 5.74) is 37.6. The predicted molar refractivity (Wildman–Crippen MR) is 551 cm³/mol. The van der Waals surface area contributed by atoms with Crippen LogP contribution in [0.5, 0.6) is 0 Å². The first-order valence-electron chi connectivity index (χ1n) is 46.5. The SMILES string of the molecule is Cc1ccc2c(n1)oc1c(-c3c4ccccc4cc[n+]3C)c(C)ccc12.Cc1ccc2c(n1)oc1c(-c3cc4ccccc4c[n+]3C)c(C)ccc12.Cc1ccc2c(n1)oc1c(-c3ccc4ccccc4[n+]3C)c(C)ccc12.Cc1cccc(C)c1-c1c[n+](C)c2c3c(C)cccc3c3ccccc3n12.Cc1ccccc1-c1n(-c2c(C(C)C)cccc2C(C)C)c2ccccc2[n+]1C. The van der Waals surface area contributed by atoms with Gasteiger partial charge in [0.05, 0.1) is 47.1 Å². The number of hydrogen-bond donors (Lipinski definition) is 0. The van der Waals surface area contributed by atoms with E-state index in [0.29, 0.717) is 29.0 Å². The minimum atomic E-state index is 0.444. The van der Waals surface area contributed by atoms with E-state index < -0.39 is 0 Å². The summed E-state index contributed by atoms with van der Waals surface area (Å²) in [6.07, 6.45) is 6.57. The molecule has 0 aliphatic heterocycles. The number of aromatic nitrogens is 10. The van der Waals surface area contributed by atoms with Crippen molar-refractivity contribution in [3.05, 3.63) is 383 Å². The second-order valence-electron chi connectivity index (χ2n) is 36.9. The Morgan fingerprint density at radius 3 is 1.36 bits per heavy atom. The summed E-state index contributed by atoms with van der Waals surface area (Å²) in [7, 11) is 10.6. The highest BCUT2D eigenvalue weighted by Crippen LogP contribution is 2.45. The average molecular weight is 1750 g/mol. The third-order valence-corrected chi connectivity index (χ3v) is 27.2. The van der Waals surface area contributed by atoms with E-state index in [1.807, 2.05) is 39.0 Å². The molecule has 13 nitrogen and oxygen atoms in total. The molecule has 0 saturated carbocycles. The van der Waals surface area contributed by atoms with Gasteiger partial charge in [0.2, 0.25) is 39.7 Å². The van der Waals surface area contributed by atoms with Crippen LogP contribution >= 0.6 is 0 Å². The van der Waals surface area contributed by atoms with E-state index in [1.165, 1.54) is 155 Å². The van der Waals surface area contributed by atoms with Crippen LogP contribution in [0.4, 0.5) is 0 Å². The van der Waals surface area contributed by atoms with E-state index in [2.05, 4.69) is 456 Å². The number of hydrogen-bond acceptors (Lipinski definition) is 6. The normalized spacial score (nSPS) is 11.7. The van der Waals surface area contributed by atoms with Crippen LogP contribution in [-0.2, 0) is 35.2 Å². The van der Waals surface area contributed by atoms with Crippen LogP contribution in [0.25, 0.3) is 199 Å². The van der Waals surface area contributed by atoms with Crippen LogP contribution in [0.3, 0.4) is 0 Å². The standard InChI is InChI=1S/C27H31N2.C25H23N2.3C23H19N2O/c1-18(2)21-14-11-15-22(19(3)4)26(21)29-25-17-10-9-16-24(25)28(6)27(29)23-13-8-7-12-20(23)5;1-16-9-7-10-17(2)23(16)22-15-26(4)25-24-18(3)11-8-13-20(24)19-12-5-6-14-21(19)27(22)25;1-14-8-11-17-18-12-9-15(2)24-23(18)26-22(17)21(14)20-13-10-16-6-4-5-7-19(16)25(20)3;1-14-8-10-18-19-11-9-15(2)24-23(19)26-22(18)21(14)20-12-16-6-4-5-7-17(16)13-25(20)3;1-14-8-10-18-19-11-9-15(2)24-23(19)26-22(18)20(14)21-17-7-5-4-6-16(17)12-13-25(21)3/h7-19H,1-6H3;5-15H,1-4H3;3*4-13H,1-3H3/q5*+1. The fourth-order valence-corrected chi connectivity index (χ4v) is 20.4. The van der Waals surface area contributed by atoms with Crippen molar-refractivity contribution in [3.8, 4) is 62.1 Å². The Bertz CT molecular complexity index is 8670. The minimum absolute atomic E-state index is 0.444. The molecule has 0 radical (unpaired) electrons. The molecular formula is C121H111N10O3+5. The van der Waals surface area contributed by atoms with Gasteiger partial charge >= 0.3 is 0 Å². The maximum Gasteiger partial charge on any atom is 0.295 e. The third-order valence-electron chi connectivity index (χ3n) is 27.2. The fraction of sp³-hybridized carbons (Fsp3) is 0.174. The van der Waals surface area contributed by atoms with Gasteiger partial charge in [-0.05, 0) is 216 Å². The number of imidazole rings is 2. The van der Waals surface area contributed by atoms with Crippen molar-refractivity contribution in [1.82, 2.24) is 23.9 Å². The Hall–Kier alpha value is -15.6.